The van der Waals surface area contributed by atoms with Gasteiger partial charge in [-0.1, -0.05) is 0 Å². The molecule has 1 heterocycles. The summed E-state index contributed by atoms with van der Waals surface area (Å²) in [4.78, 5) is 22.2. The van der Waals surface area contributed by atoms with E-state index in [4.69, 9.17) is 10.5 Å². The lowest BCUT2D eigenvalue weighted by molar-refractivity contribution is -0.122. The van der Waals surface area contributed by atoms with Gasteiger partial charge in [0.2, 0.25) is 5.91 Å². The van der Waals surface area contributed by atoms with Gasteiger partial charge < -0.3 is 15.8 Å². The molecule has 0 bridgehead atoms. The molecule has 4 N–H and O–H groups in total. The van der Waals surface area contributed by atoms with Gasteiger partial charge in [-0.2, -0.15) is 15.4 Å². The standard InChI is InChI=1S/C11H13N5O3/c12-10(17)6-19-4-3-13-11(18)7-1-2-8-9(5-7)15-16-14-8/h1-2,5H,3-4,6H2,(H2,12,17)(H,13,18)(H,14,15,16). The lowest BCUT2D eigenvalue weighted by Crippen LogP contribution is -2.28. The molecule has 0 saturated carbocycles. The molecule has 0 atom stereocenters. The Hall–Kier alpha value is -2.48. The number of hydrogen-bond donors (Lipinski definition) is 3. The van der Waals surface area contributed by atoms with Crippen molar-refractivity contribution >= 4 is 22.8 Å². The number of nitrogens with one attached hydrogen (secondary N) is 2. The van der Waals surface area contributed by atoms with E-state index in [1.165, 1.54) is 0 Å². The van der Waals surface area contributed by atoms with E-state index >= 15 is 0 Å². The first kappa shape index (κ1) is 13.0. The first-order valence-corrected chi connectivity index (χ1v) is 5.61. The average Bonchev–Trinajstić information content (AvgIpc) is 2.84. The number of amides is 2. The van der Waals surface area contributed by atoms with Crippen LogP contribution < -0.4 is 11.1 Å². The number of rotatable bonds is 6. The quantitative estimate of drug-likeness (QED) is 0.588. The van der Waals surface area contributed by atoms with Crippen LogP contribution in [0.25, 0.3) is 11.0 Å². The number of fused-ring (bicyclic) bond motifs is 1. The van der Waals surface area contributed by atoms with Gasteiger partial charge in [0, 0.05) is 12.1 Å². The van der Waals surface area contributed by atoms with Crippen LogP contribution in [0.2, 0.25) is 0 Å². The second kappa shape index (κ2) is 5.91. The molecule has 1 aromatic heterocycles. The highest BCUT2D eigenvalue weighted by Crippen LogP contribution is 2.10. The lowest BCUT2D eigenvalue weighted by Gasteiger charge is -2.05. The number of nitrogens with two attached hydrogens (primary N) is 1. The molecule has 0 aliphatic rings. The van der Waals surface area contributed by atoms with Gasteiger partial charge in [0.05, 0.1) is 6.61 Å². The monoisotopic (exact) mass is 263 g/mol. The van der Waals surface area contributed by atoms with Crippen LogP contribution in [0.4, 0.5) is 0 Å². The largest absolute Gasteiger partial charge is 0.370 e. The molecule has 0 unspecified atom stereocenters. The fourth-order valence-electron chi connectivity index (χ4n) is 1.49. The third-order valence-corrected chi connectivity index (χ3v) is 2.35. The van der Waals surface area contributed by atoms with Crippen LogP contribution >= 0.6 is 0 Å². The highest BCUT2D eigenvalue weighted by molar-refractivity contribution is 5.97. The number of primary amides is 1. The minimum atomic E-state index is -0.539. The molecule has 2 rings (SSSR count). The zero-order valence-corrected chi connectivity index (χ0v) is 10.0. The number of aromatic amines is 1. The summed E-state index contributed by atoms with van der Waals surface area (Å²) in [6.45, 7) is 0.366. The minimum Gasteiger partial charge on any atom is -0.370 e. The Kier molecular flexibility index (Phi) is 4.04. The highest BCUT2D eigenvalue weighted by atomic mass is 16.5. The summed E-state index contributed by atoms with van der Waals surface area (Å²) in [6.07, 6.45) is 0. The van der Waals surface area contributed by atoms with Crippen molar-refractivity contribution in [3.05, 3.63) is 23.8 Å². The van der Waals surface area contributed by atoms with Crippen LogP contribution in [0.15, 0.2) is 18.2 Å². The maximum Gasteiger partial charge on any atom is 0.251 e. The van der Waals surface area contributed by atoms with Gasteiger partial charge >= 0.3 is 0 Å². The number of ether oxygens (including phenoxy) is 1. The number of H-pyrrole nitrogens is 1. The molecule has 8 nitrogen and oxygen atoms in total. The van der Waals surface area contributed by atoms with E-state index in [-0.39, 0.29) is 19.1 Å². The summed E-state index contributed by atoms with van der Waals surface area (Å²) in [5.41, 5.74) is 6.70. The summed E-state index contributed by atoms with van der Waals surface area (Å²) in [5, 5.41) is 12.9. The molecular formula is C11H13N5O3. The SMILES string of the molecule is NC(=O)COCCNC(=O)c1ccc2n[nH]nc2c1. The first-order chi connectivity index (χ1) is 9.16. The zero-order valence-electron chi connectivity index (χ0n) is 10.0. The molecule has 100 valence electrons. The van der Waals surface area contributed by atoms with E-state index in [2.05, 4.69) is 20.7 Å². The predicted molar refractivity (Wildman–Crippen MR) is 66.2 cm³/mol. The van der Waals surface area contributed by atoms with Gasteiger partial charge in [-0.05, 0) is 18.2 Å². The maximum atomic E-state index is 11.8. The van der Waals surface area contributed by atoms with E-state index in [1.807, 2.05) is 0 Å². The Bertz CT molecular complexity index is 595. The summed E-state index contributed by atoms with van der Waals surface area (Å²) in [6, 6.07) is 5.00. The molecule has 2 aromatic rings. The van der Waals surface area contributed by atoms with Crippen molar-refractivity contribution < 1.29 is 14.3 Å². The predicted octanol–water partition coefficient (Wildman–Crippen LogP) is -0.810. The molecule has 0 spiro atoms. The van der Waals surface area contributed by atoms with Crippen molar-refractivity contribution in [3.63, 3.8) is 0 Å². The molecule has 0 aliphatic carbocycles. The van der Waals surface area contributed by atoms with Crippen LogP contribution in [0, 0.1) is 0 Å². The number of carbonyl (C=O) groups is 2. The van der Waals surface area contributed by atoms with Crippen LogP contribution in [0.1, 0.15) is 10.4 Å². The van der Waals surface area contributed by atoms with E-state index in [0.29, 0.717) is 23.1 Å². The zero-order chi connectivity index (χ0) is 13.7. The van der Waals surface area contributed by atoms with E-state index < -0.39 is 5.91 Å². The first-order valence-electron chi connectivity index (χ1n) is 5.61. The fraction of sp³-hybridized carbons (Fsp3) is 0.273. The molecule has 0 radical (unpaired) electrons. The molecule has 8 heteroatoms. The number of nitrogens with zero attached hydrogens (tertiary/aromatic N) is 2. The maximum absolute atomic E-state index is 11.8. The van der Waals surface area contributed by atoms with E-state index in [0.717, 1.165) is 0 Å². The number of carbonyl (C=O) groups excluding carboxylic acids is 2. The van der Waals surface area contributed by atoms with Crippen LogP contribution in [0.3, 0.4) is 0 Å². The Morgan fingerprint density at radius 1 is 1.32 bits per heavy atom. The van der Waals surface area contributed by atoms with Crippen molar-refractivity contribution in [2.45, 2.75) is 0 Å². The van der Waals surface area contributed by atoms with Gasteiger partial charge in [0.1, 0.15) is 17.6 Å². The third kappa shape index (κ3) is 3.49. The topological polar surface area (TPSA) is 123 Å². The van der Waals surface area contributed by atoms with Crippen LogP contribution in [-0.4, -0.2) is 47.0 Å². The Labute approximate surface area is 108 Å². The summed E-state index contributed by atoms with van der Waals surface area (Å²) >= 11 is 0. The van der Waals surface area contributed by atoms with Crippen LogP contribution in [0.5, 0.6) is 0 Å². The van der Waals surface area contributed by atoms with E-state index in [9.17, 15) is 9.59 Å². The van der Waals surface area contributed by atoms with E-state index in [1.54, 1.807) is 18.2 Å². The number of hydrogen-bond acceptors (Lipinski definition) is 5. The highest BCUT2D eigenvalue weighted by Gasteiger charge is 2.07. The van der Waals surface area contributed by atoms with Gasteiger partial charge in [-0.3, -0.25) is 9.59 Å². The number of aromatic nitrogens is 3. The third-order valence-electron chi connectivity index (χ3n) is 2.35. The van der Waals surface area contributed by atoms with Gasteiger partial charge in [-0.25, -0.2) is 0 Å². The molecule has 19 heavy (non-hydrogen) atoms. The van der Waals surface area contributed by atoms with Crippen LogP contribution in [-0.2, 0) is 9.53 Å². The summed E-state index contributed by atoms with van der Waals surface area (Å²) in [5.74, 6) is -0.782. The molecule has 2 amide bonds. The molecule has 0 aliphatic heterocycles. The molecule has 0 saturated heterocycles. The van der Waals surface area contributed by atoms with Gasteiger partial charge in [0.25, 0.3) is 5.91 Å². The summed E-state index contributed by atoms with van der Waals surface area (Å²) < 4.78 is 4.92. The fourth-order valence-corrected chi connectivity index (χ4v) is 1.49. The second-order valence-corrected chi connectivity index (χ2v) is 3.80. The minimum absolute atomic E-state index is 0.152. The van der Waals surface area contributed by atoms with Crippen molar-refractivity contribution in [1.82, 2.24) is 20.7 Å². The van der Waals surface area contributed by atoms with Gasteiger partial charge in [0.15, 0.2) is 0 Å². The number of benzene rings is 1. The normalized spacial score (nSPS) is 10.5. The second-order valence-electron chi connectivity index (χ2n) is 3.80. The van der Waals surface area contributed by atoms with Crippen molar-refractivity contribution in [2.75, 3.05) is 19.8 Å². The van der Waals surface area contributed by atoms with Crippen molar-refractivity contribution in [2.24, 2.45) is 5.73 Å². The smallest absolute Gasteiger partial charge is 0.251 e. The Morgan fingerprint density at radius 3 is 2.89 bits per heavy atom. The van der Waals surface area contributed by atoms with Crippen molar-refractivity contribution in [3.8, 4) is 0 Å². The Balaban J connectivity index is 1.84. The summed E-state index contributed by atoms with van der Waals surface area (Å²) in [7, 11) is 0. The Morgan fingerprint density at radius 2 is 2.11 bits per heavy atom. The molecule has 1 aromatic carbocycles. The van der Waals surface area contributed by atoms with Crippen molar-refractivity contribution in [1.29, 1.82) is 0 Å². The lowest BCUT2D eigenvalue weighted by atomic mass is 10.2. The molecular weight excluding hydrogens is 250 g/mol. The van der Waals surface area contributed by atoms with Gasteiger partial charge in [-0.15, -0.1) is 0 Å². The molecule has 0 fully saturated rings. The average molecular weight is 263 g/mol.